The van der Waals surface area contributed by atoms with Gasteiger partial charge in [-0.1, -0.05) is 6.92 Å². The Bertz CT molecular complexity index is 887. The number of sulfonamides is 1. The van der Waals surface area contributed by atoms with Crippen molar-refractivity contribution in [1.29, 1.82) is 0 Å². The normalized spacial score (nSPS) is 20.8. The van der Waals surface area contributed by atoms with Gasteiger partial charge in [-0.05, 0) is 55.2 Å². The number of carbonyl (C=O) groups is 1. The highest BCUT2D eigenvalue weighted by atomic mass is 32.2. The molecule has 2 N–H and O–H groups in total. The number of hydroxylamine groups is 1. The van der Waals surface area contributed by atoms with Gasteiger partial charge < -0.3 is 4.74 Å². The van der Waals surface area contributed by atoms with Gasteiger partial charge in [0.25, 0.3) is 5.91 Å². The SMILES string of the molecule is C[C@H]1CCCN(S(=O)(=O)c2ccc(Oc3ccncc3)cc2)C1C(=O)NO. The molecule has 1 aliphatic heterocycles. The van der Waals surface area contributed by atoms with Gasteiger partial charge in [0.2, 0.25) is 10.0 Å². The first-order valence-electron chi connectivity index (χ1n) is 8.57. The Labute approximate surface area is 157 Å². The maximum absolute atomic E-state index is 13.0. The van der Waals surface area contributed by atoms with E-state index in [-0.39, 0.29) is 17.4 Å². The summed E-state index contributed by atoms with van der Waals surface area (Å²) in [5.41, 5.74) is 1.58. The third kappa shape index (κ3) is 4.10. The van der Waals surface area contributed by atoms with E-state index in [0.29, 0.717) is 24.3 Å². The fourth-order valence-corrected chi connectivity index (χ4v) is 4.96. The van der Waals surface area contributed by atoms with Crippen LogP contribution in [0.1, 0.15) is 19.8 Å². The number of piperidine rings is 1. The van der Waals surface area contributed by atoms with Crippen molar-refractivity contribution in [2.75, 3.05) is 6.54 Å². The van der Waals surface area contributed by atoms with Crippen LogP contribution in [0, 0.1) is 5.92 Å². The number of hydrogen-bond acceptors (Lipinski definition) is 6. The monoisotopic (exact) mass is 391 g/mol. The lowest BCUT2D eigenvalue weighted by molar-refractivity contribution is -0.135. The second kappa shape index (κ2) is 8.03. The van der Waals surface area contributed by atoms with E-state index in [0.717, 1.165) is 4.31 Å². The summed E-state index contributed by atoms with van der Waals surface area (Å²) in [5.74, 6) is 0.153. The van der Waals surface area contributed by atoms with Gasteiger partial charge in [-0.2, -0.15) is 4.31 Å². The molecular weight excluding hydrogens is 370 g/mol. The summed E-state index contributed by atoms with van der Waals surface area (Å²) < 4.78 is 32.9. The van der Waals surface area contributed by atoms with Crippen LogP contribution in [0.25, 0.3) is 0 Å². The fourth-order valence-electron chi connectivity index (χ4n) is 3.23. The average molecular weight is 391 g/mol. The molecule has 0 aliphatic carbocycles. The molecule has 27 heavy (non-hydrogen) atoms. The van der Waals surface area contributed by atoms with Gasteiger partial charge in [-0.3, -0.25) is 15.0 Å². The Morgan fingerprint density at radius 3 is 2.44 bits per heavy atom. The van der Waals surface area contributed by atoms with Crippen LogP contribution < -0.4 is 10.2 Å². The summed E-state index contributed by atoms with van der Waals surface area (Å²) in [5, 5.41) is 8.99. The first kappa shape index (κ1) is 19.3. The molecule has 2 atom stereocenters. The number of aromatic nitrogens is 1. The van der Waals surface area contributed by atoms with Crippen molar-refractivity contribution >= 4 is 15.9 Å². The van der Waals surface area contributed by atoms with Gasteiger partial charge in [-0.25, -0.2) is 13.9 Å². The molecule has 2 aromatic rings. The molecule has 0 bridgehead atoms. The van der Waals surface area contributed by atoms with E-state index in [1.807, 2.05) is 0 Å². The summed E-state index contributed by atoms with van der Waals surface area (Å²) >= 11 is 0. The fraction of sp³-hybridized carbons (Fsp3) is 0.333. The van der Waals surface area contributed by atoms with Crippen molar-refractivity contribution in [2.45, 2.75) is 30.7 Å². The molecule has 1 fully saturated rings. The van der Waals surface area contributed by atoms with Gasteiger partial charge in [-0.15, -0.1) is 0 Å². The second-order valence-corrected chi connectivity index (χ2v) is 8.30. The standard InChI is InChI=1S/C18H21N3O5S/c1-13-3-2-12-21(17(13)18(22)20-23)27(24,25)16-6-4-14(5-7-16)26-15-8-10-19-11-9-15/h4-11,13,17,23H,2-3,12H2,1H3,(H,20,22)/t13-,17?/m0/s1. The first-order valence-corrected chi connectivity index (χ1v) is 10.0. The summed E-state index contributed by atoms with van der Waals surface area (Å²) in [6, 6.07) is 8.44. The Morgan fingerprint density at radius 1 is 1.19 bits per heavy atom. The zero-order valence-electron chi connectivity index (χ0n) is 14.8. The molecule has 8 nitrogen and oxygen atoms in total. The average Bonchev–Trinajstić information content (AvgIpc) is 2.68. The Hall–Kier alpha value is -2.49. The molecule has 1 aliphatic rings. The number of hydrogen-bond donors (Lipinski definition) is 2. The van der Waals surface area contributed by atoms with Crippen LogP contribution >= 0.6 is 0 Å². The molecule has 0 spiro atoms. The van der Waals surface area contributed by atoms with E-state index in [9.17, 15) is 13.2 Å². The van der Waals surface area contributed by atoms with Crippen LogP contribution in [0.2, 0.25) is 0 Å². The highest BCUT2D eigenvalue weighted by Gasteiger charge is 2.41. The topological polar surface area (TPSA) is 109 Å². The molecule has 1 unspecified atom stereocenters. The van der Waals surface area contributed by atoms with E-state index in [4.69, 9.17) is 9.94 Å². The van der Waals surface area contributed by atoms with Crippen LogP contribution in [-0.2, 0) is 14.8 Å². The minimum Gasteiger partial charge on any atom is -0.457 e. The van der Waals surface area contributed by atoms with Crippen molar-refractivity contribution in [3.05, 3.63) is 48.8 Å². The quantitative estimate of drug-likeness (QED) is 0.597. The van der Waals surface area contributed by atoms with Gasteiger partial charge >= 0.3 is 0 Å². The summed E-state index contributed by atoms with van der Waals surface area (Å²) in [7, 11) is -3.89. The summed E-state index contributed by atoms with van der Waals surface area (Å²) in [6.07, 6.45) is 4.55. The predicted octanol–water partition coefficient (Wildman–Crippen LogP) is 2.17. The Balaban J connectivity index is 1.84. The Kier molecular flexibility index (Phi) is 5.73. The molecule has 9 heteroatoms. The van der Waals surface area contributed by atoms with Crippen molar-refractivity contribution in [2.24, 2.45) is 5.92 Å². The third-order valence-corrected chi connectivity index (χ3v) is 6.48. The van der Waals surface area contributed by atoms with Crippen LogP contribution in [0.15, 0.2) is 53.7 Å². The maximum Gasteiger partial charge on any atom is 0.262 e. The number of nitrogens with zero attached hydrogens (tertiary/aromatic N) is 2. The minimum atomic E-state index is -3.89. The van der Waals surface area contributed by atoms with Crippen LogP contribution in [0.4, 0.5) is 0 Å². The smallest absolute Gasteiger partial charge is 0.262 e. The van der Waals surface area contributed by atoms with E-state index >= 15 is 0 Å². The molecular formula is C18H21N3O5S. The number of nitrogens with one attached hydrogen (secondary N) is 1. The van der Waals surface area contributed by atoms with Crippen molar-refractivity contribution in [3.8, 4) is 11.5 Å². The molecule has 144 valence electrons. The lowest BCUT2D eigenvalue weighted by Crippen LogP contribution is -2.54. The number of benzene rings is 1. The number of pyridine rings is 1. The zero-order chi connectivity index (χ0) is 19.4. The summed E-state index contributed by atoms with van der Waals surface area (Å²) in [6.45, 7) is 2.02. The summed E-state index contributed by atoms with van der Waals surface area (Å²) in [4.78, 5) is 16.0. The van der Waals surface area contributed by atoms with E-state index < -0.39 is 22.0 Å². The van der Waals surface area contributed by atoms with Crippen LogP contribution in [0.3, 0.4) is 0 Å². The number of carbonyl (C=O) groups excluding carboxylic acids is 1. The van der Waals surface area contributed by atoms with Gasteiger partial charge in [0.15, 0.2) is 0 Å². The molecule has 0 saturated carbocycles. The highest BCUT2D eigenvalue weighted by Crippen LogP contribution is 2.30. The van der Waals surface area contributed by atoms with Crippen LogP contribution in [-0.4, -0.2) is 41.4 Å². The number of rotatable bonds is 5. The Morgan fingerprint density at radius 2 is 1.81 bits per heavy atom. The third-order valence-electron chi connectivity index (χ3n) is 4.58. The zero-order valence-corrected chi connectivity index (χ0v) is 15.6. The predicted molar refractivity (Wildman–Crippen MR) is 96.8 cm³/mol. The van der Waals surface area contributed by atoms with Gasteiger partial charge in [0, 0.05) is 18.9 Å². The van der Waals surface area contributed by atoms with Crippen molar-refractivity contribution < 1.29 is 23.2 Å². The molecule has 1 amide bonds. The van der Waals surface area contributed by atoms with E-state index in [2.05, 4.69) is 4.98 Å². The molecule has 1 saturated heterocycles. The molecule has 2 heterocycles. The second-order valence-electron chi connectivity index (χ2n) is 6.41. The first-order chi connectivity index (χ1) is 12.9. The maximum atomic E-state index is 13.0. The molecule has 0 radical (unpaired) electrons. The molecule has 1 aromatic heterocycles. The van der Waals surface area contributed by atoms with Gasteiger partial charge in [0.05, 0.1) is 4.90 Å². The highest BCUT2D eigenvalue weighted by molar-refractivity contribution is 7.89. The number of amides is 1. The van der Waals surface area contributed by atoms with Crippen LogP contribution in [0.5, 0.6) is 11.5 Å². The van der Waals surface area contributed by atoms with Gasteiger partial charge in [0.1, 0.15) is 17.5 Å². The minimum absolute atomic E-state index is 0.0643. The molecule has 3 rings (SSSR count). The lowest BCUT2D eigenvalue weighted by atomic mass is 9.92. The number of ether oxygens (including phenoxy) is 1. The largest absolute Gasteiger partial charge is 0.457 e. The molecule has 1 aromatic carbocycles. The van der Waals surface area contributed by atoms with Crippen molar-refractivity contribution in [3.63, 3.8) is 0 Å². The van der Waals surface area contributed by atoms with E-state index in [1.165, 1.54) is 12.1 Å². The van der Waals surface area contributed by atoms with E-state index in [1.54, 1.807) is 49.1 Å². The van der Waals surface area contributed by atoms with Crippen molar-refractivity contribution in [1.82, 2.24) is 14.8 Å². The lowest BCUT2D eigenvalue weighted by Gasteiger charge is -2.37.